The lowest BCUT2D eigenvalue weighted by molar-refractivity contribution is 0.0703. The van der Waals surface area contributed by atoms with Gasteiger partial charge in [0.15, 0.2) is 0 Å². The van der Waals surface area contributed by atoms with Crippen LogP contribution in [0.2, 0.25) is 0 Å². The highest BCUT2D eigenvalue weighted by Crippen LogP contribution is 2.23. The molecule has 1 fully saturated rings. The fourth-order valence-corrected chi connectivity index (χ4v) is 2.31. The van der Waals surface area contributed by atoms with Crippen molar-refractivity contribution < 1.29 is 9.53 Å². The van der Waals surface area contributed by atoms with Crippen LogP contribution in [0.4, 0.5) is 0 Å². The van der Waals surface area contributed by atoms with Crippen LogP contribution < -0.4 is 4.74 Å². The van der Waals surface area contributed by atoms with Gasteiger partial charge in [-0.2, -0.15) is 5.26 Å². The van der Waals surface area contributed by atoms with Gasteiger partial charge in [0, 0.05) is 19.0 Å². The summed E-state index contributed by atoms with van der Waals surface area (Å²) in [7, 11) is 0. The Kier molecular flexibility index (Phi) is 4.40. The number of benzene rings is 1. The van der Waals surface area contributed by atoms with Gasteiger partial charge in [0.1, 0.15) is 5.75 Å². The number of likely N-dealkylation sites (tertiary alicyclic amines) is 1. The topological polar surface area (TPSA) is 53.3 Å². The number of ether oxygens (including phenoxy) is 1. The van der Waals surface area contributed by atoms with Gasteiger partial charge in [-0.05, 0) is 31.9 Å². The zero-order valence-electron chi connectivity index (χ0n) is 11.1. The van der Waals surface area contributed by atoms with Gasteiger partial charge < -0.3 is 9.64 Å². The van der Waals surface area contributed by atoms with Gasteiger partial charge >= 0.3 is 0 Å². The molecule has 0 saturated carbocycles. The second kappa shape index (κ2) is 6.24. The molecule has 1 saturated heterocycles. The van der Waals surface area contributed by atoms with Crippen molar-refractivity contribution in [3.8, 4) is 11.8 Å². The number of nitrogens with zero attached hydrogens (tertiary/aromatic N) is 2. The number of para-hydroxylation sites is 1. The van der Waals surface area contributed by atoms with Gasteiger partial charge in [0.05, 0.1) is 18.2 Å². The van der Waals surface area contributed by atoms with Gasteiger partial charge in [-0.1, -0.05) is 12.1 Å². The lowest BCUT2D eigenvalue weighted by atomic mass is 9.98. The normalized spacial score (nSPS) is 15.9. The Morgan fingerprint density at radius 2 is 2.11 bits per heavy atom. The third kappa shape index (κ3) is 3.05. The average molecular weight is 258 g/mol. The zero-order chi connectivity index (χ0) is 13.7. The molecule has 1 aromatic rings. The Morgan fingerprint density at radius 3 is 2.74 bits per heavy atom. The molecule has 0 aliphatic carbocycles. The summed E-state index contributed by atoms with van der Waals surface area (Å²) in [6.07, 6.45) is 1.53. The first kappa shape index (κ1) is 13.4. The molecule has 4 heteroatoms. The minimum absolute atomic E-state index is 0.000407. The molecular formula is C15H18N2O2. The summed E-state index contributed by atoms with van der Waals surface area (Å²) in [4.78, 5) is 14.3. The summed E-state index contributed by atoms with van der Waals surface area (Å²) in [5, 5.41) is 8.87. The molecule has 0 bridgehead atoms. The van der Waals surface area contributed by atoms with Crippen molar-refractivity contribution in [1.82, 2.24) is 4.90 Å². The molecule has 1 heterocycles. The van der Waals surface area contributed by atoms with Crippen LogP contribution >= 0.6 is 0 Å². The summed E-state index contributed by atoms with van der Waals surface area (Å²) in [5.74, 6) is 0.726. The highest BCUT2D eigenvalue weighted by atomic mass is 16.5. The SMILES string of the molecule is CCOc1ccccc1C(=O)N1CCC(C#N)CC1. The second-order valence-corrected chi connectivity index (χ2v) is 4.62. The lowest BCUT2D eigenvalue weighted by Gasteiger charge is -2.29. The molecule has 0 unspecified atom stereocenters. The largest absolute Gasteiger partial charge is 0.493 e. The number of nitriles is 1. The molecule has 0 aromatic heterocycles. The minimum Gasteiger partial charge on any atom is -0.493 e. The maximum Gasteiger partial charge on any atom is 0.257 e. The highest BCUT2D eigenvalue weighted by Gasteiger charge is 2.25. The van der Waals surface area contributed by atoms with Gasteiger partial charge in [-0.25, -0.2) is 0 Å². The van der Waals surface area contributed by atoms with E-state index in [1.54, 1.807) is 6.07 Å². The van der Waals surface area contributed by atoms with Crippen LogP contribution in [-0.4, -0.2) is 30.5 Å². The average Bonchev–Trinajstić information content (AvgIpc) is 2.47. The van der Waals surface area contributed by atoms with Gasteiger partial charge in [0.25, 0.3) is 5.91 Å². The van der Waals surface area contributed by atoms with Crippen molar-refractivity contribution in [3.05, 3.63) is 29.8 Å². The Hall–Kier alpha value is -2.02. The number of carbonyl (C=O) groups excluding carboxylic acids is 1. The maximum atomic E-state index is 12.5. The first-order chi connectivity index (χ1) is 9.26. The molecule has 0 atom stereocenters. The van der Waals surface area contributed by atoms with E-state index >= 15 is 0 Å². The van der Waals surface area contributed by atoms with E-state index < -0.39 is 0 Å². The third-order valence-corrected chi connectivity index (χ3v) is 3.38. The van der Waals surface area contributed by atoms with E-state index in [4.69, 9.17) is 10.00 Å². The predicted octanol–water partition coefficient (Wildman–Crippen LogP) is 2.46. The van der Waals surface area contributed by atoms with E-state index in [9.17, 15) is 4.79 Å². The third-order valence-electron chi connectivity index (χ3n) is 3.38. The summed E-state index contributed by atoms with van der Waals surface area (Å²) in [6, 6.07) is 9.60. The Bertz CT molecular complexity index is 485. The summed E-state index contributed by atoms with van der Waals surface area (Å²) < 4.78 is 5.49. The number of hydrogen-bond acceptors (Lipinski definition) is 3. The number of carbonyl (C=O) groups is 1. The zero-order valence-corrected chi connectivity index (χ0v) is 11.1. The molecule has 1 aromatic carbocycles. The van der Waals surface area contributed by atoms with Gasteiger partial charge in [-0.15, -0.1) is 0 Å². The Balaban J connectivity index is 2.10. The number of rotatable bonds is 3. The van der Waals surface area contributed by atoms with Crippen LogP contribution in [0.1, 0.15) is 30.1 Å². The van der Waals surface area contributed by atoms with Crippen molar-refractivity contribution >= 4 is 5.91 Å². The molecule has 1 aliphatic rings. The second-order valence-electron chi connectivity index (χ2n) is 4.62. The Morgan fingerprint density at radius 1 is 1.42 bits per heavy atom. The highest BCUT2D eigenvalue weighted by molar-refractivity contribution is 5.97. The van der Waals surface area contributed by atoms with E-state index in [1.807, 2.05) is 30.0 Å². The summed E-state index contributed by atoms with van der Waals surface area (Å²) in [5.41, 5.74) is 0.611. The fraction of sp³-hybridized carbons (Fsp3) is 0.467. The predicted molar refractivity (Wildman–Crippen MR) is 71.9 cm³/mol. The molecule has 4 nitrogen and oxygen atoms in total. The van der Waals surface area contributed by atoms with Crippen LogP contribution in [-0.2, 0) is 0 Å². The van der Waals surface area contributed by atoms with E-state index in [0.717, 1.165) is 12.8 Å². The molecule has 1 aliphatic heterocycles. The van der Waals surface area contributed by atoms with Crippen molar-refractivity contribution in [3.63, 3.8) is 0 Å². The smallest absolute Gasteiger partial charge is 0.257 e. The molecular weight excluding hydrogens is 240 g/mol. The quantitative estimate of drug-likeness (QED) is 0.836. The van der Waals surface area contributed by atoms with Crippen LogP contribution in [0.15, 0.2) is 24.3 Å². The fourth-order valence-electron chi connectivity index (χ4n) is 2.31. The first-order valence-corrected chi connectivity index (χ1v) is 6.67. The van der Waals surface area contributed by atoms with Gasteiger partial charge in [-0.3, -0.25) is 4.79 Å². The Labute approximate surface area is 113 Å². The van der Waals surface area contributed by atoms with E-state index in [-0.39, 0.29) is 11.8 Å². The standard InChI is InChI=1S/C15H18N2O2/c1-2-19-14-6-4-3-5-13(14)15(18)17-9-7-12(11-16)8-10-17/h3-6,12H,2,7-10H2,1H3. The summed E-state index contributed by atoms with van der Waals surface area (Å²) in [6.45, 7) is 3.75. The van der Waals surface area contributed by atoms with Crippen LogP contribution in [0, 0.1) is 17.2 Å². The van der Waals surface area contributed by atoms with Crippen LogP contribution in [0.3, 0.4) is 0 Å². The maximum absolute atomic E-state index is 12.5. The van der Waals surface area contributed by atoms with Crippen molar-refractivity contribution in [2.45, 2.75) is 19.8 Å². The van der Waals surface area contributed by atoms with Crippen LogP contribution in [0.25, 0.3) is 0 Å². The molecule has 0 radical (unpaired) electrons. The van der Waals surface area contributed by atoms with Crippen molar-refractivity contribution in [2.24, 2.45) is 5.92 Å². The molecule has 19 heavy (non-hydrogen) atoms. The molecule has 100 valence electrons. The first-order valence-electron chi connectivity index (χ1n) is 6.67. The molecule has 1 amide bonds. The number of hydrogen-bond donors (Lipinski definition) is 0. The number of piperidine rings is 1. The molecule has 0 N–H and O–H groups in total. The number of amides is 1. The van der Waals surface area contributed by atoms with Crippen LogP contribution in [0.5, 0.6) is 5.75 Å². The minimum atomic E-state index is 0.000407. The van der Waals surface area contributed by atoms with Gasteiger partial charge in [0.2, 0.25) is 0 Å². The van der Waals surface area contributed by atoms with Crippen molar-refractivity contribution in [2.75, 3.05) is 19.7 Å². The van der Waals surface area contributed by atoms with E-state index in [2.05, 4.69) is 6.07 Å². The van der Waals surface area contributed by atoms with E-state index in [0.29, 0.717) is 31.0 Å². The monoisotopic (exact) mass is 258 g/mol. The summed E-state index contributed by atoms with van der Waals surface area (Å²) >= 11 is 0. The van der Waals surface area contributed by atoms with Crippen molar-refractivity contribution in [1.29, 1.82) is 5.26 Å². The van der Waals surface area contributed by atoms with E-state index in [1.165, 1.54) is 0 Å². The lowest BCUT2D eigenvalue weighted by Crippen LogP contribution is -2.38. The molecule has 2 rings (SSSR count). The molecule has 0 spiro atoms.